The van der Waals surface area contributed by atoms with Gasteiger partial charge in [0, 0.05) is 12.6 Å². The highest BCUT2D eigenvalue weighted by atomic mass is 127. The molecule has 0 aromatic heterocycles. The lowest BCUT2D eigenvalue weighted by molar-refractivity contribution is 0.0656. The van der Waals surface area contributed by atoms with Crippen LogP contribution in [0.1, 0.15) is 59.8 Å². The van der Waals surface area contributed by atoms with E-state index < -0.39 is 5.60 Å². The minimum Gasteiger partial charge on any atom is -0.388 e. The van der Waals surface area contributed by atoms with Crippen LogP contribution in [0.2, 0.25) is 0 Å². The van der Waals surface area contributed by atoms with E-state index in [1.165, 1.54) is 25.7 Å². The Morgan fingerprint density at radius 1 is 1.35 bits per heavy atom. The monoisotopic (exact) mass is 397 g/mol. The molecule has 5 heteroatoms. The molecule has 1 aliphatic carbocycles. The SMILES string of the molecule is CCNC(=NCC(C)(O)CC)NC1CCCC(C)C1.I. The van der Waals surface area contributed by atoms with Crippen molar-refractivity contribution in [1.29, 1.82) is 0 Å². The maximum Gasteiger partial charge on any atom is 0.191 e. The van der Waals surface area contributed by atoms with E-state index >= 15 is 0 Å². The lowest BCUT2D eigenvalue weighted by atomic mass is 9.87. The first-order valence-electron chi connectivity index (χ1n) is 7.74. The number of rotatable bonds is 5. The summed E-state index contributed by atoms with van der Waals surface area (Å²) in [5.41, 5.74) is -0.706. The first kappa shape index (κ1) is 20.0. The highest BCUT2D eigenvalue weighted by Crippen LogP contribution is 2.23. The first-order valence-corrected chi connectivity index (χ1v) is 7.74. The second-order valence-corrected chi connectivity index (χ2v) is 6.16. The zero-order valence-corrected chi connectivity index (χ0v) is 15.7. The number of hydrogen-bond acceptors (Lipinski definition) is 2. The fourth-order valence-electron chi connectivity index (χ4n) is 2.44. The Morgan fingerprint density at radius 3 is 2.60 bits per heavy atom. The van der Waals surface area contributed by atoms with Crippen molar-refractivity contribution in [3.05, 3.63) is 0 Å². The van der Waals surface area contributed by atoms with E-state index in [1.807, 2.05) is 13.8 Å². The molecule has 0 spiro atoms. The third-order valence-electron chi connectivity index (χ3n) is 3.96. The molecule has 3 N–H and O–H groups in total. The average molecular weight is 397 g/mol. The Balaban J connectivity index is 0.00000361. The summed E-state index contributed by atoms with van der Waals surface area (Å²) < 4.78 is 0. The Hall–Kier alpha value is -0.0400. The molecular formula is C15H32IN3O. The molecular weight excluding hydrogens is 365 g/mol. The van der Waals surface area contributed by atoms with E-state index in [4.69, 9.17) is 0 Å². The number of halogens is 1. The molecule has 0 saturated heterocycles. The van der Waals surface area contributed by atoms with Crippen LogP contribution in [0.25, 0.3) is 0 Å². The number of aliphatic imine (C=N–C) groups is 1. The van der Waals surface area contributed by atoms with E-state index in [9.17, 15) is 5.11 Å². The van der Waals surface area contributed by atoms with Crippen molar-refractivity contribution in [2.75, 3.05) is 13.1 Å². The van der Waals surface area contributed by atoms with Gasteiger partial charge in [0.25, 0.3) is 0 Å². The van der Waals surface area contributed by atoms with Gasteiger partial charge in [-0.05, 0) is 39.0 Å². The first-order chi connectivity index (χ1) is 8.96. The van der Waals surface area contributed by atoms with Gasteiger partial charge in [0.1, 0.15) is 0 Å². The summed E-state index contributed by atoms with van der Waals surface area (Å²) in [4.78, 5) is 4.52. The molecule has 0 bridgehead atoms. The molecule has 1 saturated carbocycles. The van der Waals surface area contributed by atoms with Gasteiger partial charge in [-0.2, -0.15) is 0 Å². The zero-order chi connectivity index (χ0) is 14.3. The van der Waals surface area contributed by atoms with Crippen LogP contribution in [0, 0.1) is 5.92 Å². The van der Waals surface area contributed by atoms with Gasteiger partial charge < -0.3 is 15.7 Å². The third-order valence-corrected chi connectivity index (χ3v) is 3.96. The van der Waals surface area contributed by atoms with Crippen LogP contribution in [0.15, 0.2) is 4.99 Å². The fourth-order valence-corrected chi connectivity index (χ4v) is 2.44. The number of nitrogens with one attached hydrogen (secondary N) is 2. The summed E-state index contributed by atoms with van der Waals surface area (Å²) in [5, 5.41) is 16.8. The molecule has 4 nitrogen and oxygen atoms in total. The standard InChI is InChI=1S/C15H31N3O.HI/c1-5-15(4,19)11-17-14(16-6-2)18-13-9-7-8-12(3)10-13;/h12-13,19H,5-11H2,1-4H3,(H2,16,17,18);1H. The van der Waals surface area contributed by atoms with Gasteiger partial charge in [-0.15, -0.1) is 24.0 Å². The predicted octanol–water partition coefficient (Wildman–Crippen LogP) is 2.90. The maximum absolute atomic E-state index is 10.0. The topological polar surface area (TPSA) is 56.7 Å². The van der Waals surface area contributed by atoms with Gasteiger partial charge in [0.15, 0.2) is 5.96 Å². The summed E-state index contributed by atoms with van der Waals surface area (Å²) in [7, 11) is 0. The fraction of sp³-hybridized carbons (Fsp3) is 0.933. The largest absolute Gasteiger partial charge is 0.388 e. The van der Waals surface area contributed by atoms with Gasteiger partial charge in [-0.25, -0.2) is 0 Å². The Bertz CT molecular complexity index is 295. The van der Waals surface area contributed by atoms with Crippen molar-refractivity contribution < 1.29 is 5.11 Å². The van der Waals surface area contributed by atoms with Crippen LogP contribution in [0.5, 0.6) is 0 Å². The van der Waals surface area contributed by atoms with Crippen molar-refractivity contribution in [2.24, 2.45) is 10.9 Å². The highest BCUT2D eigenvalue weighted by Gasteiger charge is 2.21. The molecule has 0 amide bonds. The van der Waals surface area contributed by atoms with Crippen LogP contribution in [0.4, 0.5) is 0 Å². The lowest BCUT2D eigenvalue weighted by Crippen LogP contribution is -2.45. The smallest absolute Gasteiger partial charge is 0.191 e. The summed E-state index contributed by atoms with van der Waals surface area (Å²) in [6.45, 7) is 9.50. The third kappa shape index (κ3) is 7.67. The zero-order valence-electron chi connectivity index (χ0n) is 13.4. The van der Waals surface area contributed by atoms with E-state index in [0.29, 0.717) is 12.6 Å². The molecule has 0 aromatic carbocycles. The normalized spacial score (nSPS) is 26.4. The van der Waals surface area contributed by atoms with Crippen molar-refractivity contribution >= 4 is 29.9 Å². The Labute approximate surface area is 141 Å². The predicted molar refractivity (Wildman–Crippen MR) is 96.9 cm³/mol. The summed E-state index contributed by atoms with van der Waals surface area (Å²) in [6.07, 6.45) is 5.80. The van der Waals surface area contributed by atoms with Gasteiger partial charge in [-0.3, -0.25) is 4.99 Å². The Kier molecular flexibility index (Phi) is 9.80. The van der Waals surface area contributed by atoms with Crippen LogP contribution >= 0.6 is 24.0 Å². The second-order valence-electron chi connectivity index (χ2n) is 6.16. The number of hydrogen-bond donors (Lipinski definition) is 3. The van der Waals surface area contributed by atoms with Crippen LogP contribution in [-0.2, 0) is 0 Å². The summed E-state index contributed by atoms with van der Waals surface area (Å²) >= 11 is 0. The minimum atomic E-state index is -0.706. The molecule has 0 heterocycles. The molecule has 3 atom stereocenters. The minimum absolute atomic E-state index is 0. The molecule has 20 heavy (non-hydrogen) atoms. The van der Waals surface area contributed by atoms with Crippen LogP contribution < -0.4 is 10.6 Å². The molecule has 120 valence electrons. The molecule has 0 radical (unpaired) electrons. The van der Waals surface area contributed by atoms with Gasteiger partial charge in [0.2, 0.25) is 0 Å². The molecule has 3 unspecified atom stereocenters. The van der Waals surface area contributed by atoms with Crippen molar-refractivity contribution in [2.45, 2.75) is 71.4 Å². The second kappa shape index (κ2) is 9.82. The van der Waals surface area contributed by atoms with E-state index in [2.05, 4.69) is 29.5 Å². The molecule has 1 aliphatic rings. The molecule has 1 rings (SSSR count). The van der Waals surface area contributed by atoms with E-state index in [-0.39, 0.29) is 24.0 Å². The van der Waals surface area contributed by atoms with Crippen molar-refractivity contribution in [1.82, 2.24) is 10.6 Å². The molecule has 0 aromatic rings. The number of guanidine groups is 1. The Morgan fingerprint density at radius 2 is 2.05 bits per heavy atom. The van der Waals surface area contributed by atoms with Gasteiger partial charge >= 0.3 is 0 Å². The van der Waals surface area contributed by atoms with E-state index in [0.717, 1.165) is 24.8 Å². The quantitative estimate of drug-likeness (QED) is 0.380. The van der Waals surface area contributed by atoms with E-state index in [1.54, 1.807) is 0 Å². The van der Waals surface area contributed by atoms with Crippen LogP contribution in [-0.4, -0.2) is 35.8 Å². The van der Waals surface area contributed by atoms with Crippen molar-refractivity contribution in [3.8, 4) is 0 Å². The summed E-state index contributed by atoms with van der Waals surface area (Å²) in [6, 6.07) is 0.521. The van der Waals surface area contributed by atoms with Gasteiger partial charge in [-0.1, -0.05) is 26.7 Å². The number of aliphatic hydroxyl groups is 1. The van der Waals surface area contributed by atoms with Crippen molar-refractivity contribution in [3.63, 3.8) is 0 Å². The highest BCUT2D eigenvalue weighted by molar-refractivity contribution is 14.0. The molecule has 0 aliphatic heterocycles. The van der Waals surface area contributed by atoms with Gasteiger partial charge in [0.05, 0.1) is 12.1 Å². The average Bonchev–Trinajstić information content (AvgIpc) is 2.36. The lowest BCUT2D eigenvalue weighted by Gasteiger charge is -2.29. The number of nitrogens with zero attached hydrogens (tertiary/aromatic N) is 1. The maximum atomic E-state index is 10.0. The summed E-state index contributed by atoms with van der Waals surface area (Å²) in [5.74, 6) is 1.64. The van der Waals surface area contributed by atoms with Crippen LogP contribution in [0.3, 0.4) is 0 Å². The molecule has 1 fully saturated rings.